The zero-order chi connectivity index (χ0) is 30.5. The molecule has 4 heteroatoms. The molecule has 0 bridgehead atoms. The third-order valence-corrected chi connectivity index (χ3v) is 8.74. The van der Waals surface area contributed by atoms with Crippen molar-refractivity contribution in [2.75, 3.05) is 4.90 Å². The molecule has 2 aromatic heterocycles. The molecule has 1 aliphatic heterocycles. The van der Waals surface area contributed by atoms with Crippen LogP contribution in [-0.4, -0.2) is 14.5 Å². The summed E-state index contributed by atoms with van der Waals surface area (Å²) >= 11 is 0. The first-order valence-electron chi connectivity index (χ1n) is 15.5. The van der Waals surface area contributed by atoms with Crippen LogP contribution in [0.2, 0.25) is 0 Å². The first kappa shape index (κ1) is 26.2. The molecule has 0 N–H and O–H groups in total. The Morgan fingerprint density at radius 2 is 1.09 bits per heavy atom. The second kappa shape index (κ2) is 10.7. The number of rotatable bonds is 4. The number of fused-ring (bicyclic) bond motifs is 5. The minimum absolute atomic E-state index is 0.697. The number of para-hydroxylation sites is 3. The van der Waals surface area contributed by atoms with Crippen LogP contribution in [0.5, 0.6) is 0 Å². The van der Waals surface area contributed by atoms with Gasteiger partial charge in [-0.3, -0.25) is 4.57 Å². The number of hydrogen-bond acceptors (Lipinski definition) is 3. The topological polar surface area (TPSA) is 34.0 Å². The van der Waals surface area contributed by atoms with Gasteiger partial charge in [-0.15, -0.1) is 0 Å². The molecule has 0 spiro atoms. The normalized spacial score (nSPS) is 12.2. The van der Waals surface area contributed by atoms with Gasteiger partial charge in [-0.05, 0) is 42.0 Å². The highest BCUT2D eigenvalue weighted by Crippen LogP contribution is 2.45. The molecule has 9 rings (SSSR count). The van der Waals surface area contributed by atoms with E-state index in [1.54, 1.807) is 0 Å². The van der Waals surface area contributed by atoms with E-state index in [4.69, 9.17) is 9.97 Å². The summed E-state index contributed by atoms with van der Waals surface area (Å²) in [4.78, 5) is 12.6. The van der Waals surface area contributed by atoms with Gasteiger partial charge >= 0.3 is 0 Å². The molecule has 0 unspecified atom stereocenters. The molecule has 1 aliphatic rings. The molecule has 0 radical (unpaired) electrons. The van der Waals surface area contributed by atoms with E-state index in [-0.39, 0.29) is 0 Å². The minimum atomic E-state index is 0.697. The number of nitrogens with zero attached hydrogens (tertiary/aromatic N) is 4. The van der Waals surface area contributed by atoms with Gasteiger partial charge < -0.3 is 4.90 Å². The van der Waals surface area contributed by atoms with E-state index in [0.29, 0.717) is 5.82 Å². The predicted molar refractivity (Wildman–Crippen MR) is 191 cm³/mol. The quantitative estimate of drug-likeness (QED) is 0.205. The number of anilines is 3. The monoisotopic (exact) mass is 588 g/mol. The first-order valence-corrected chi connectivity index (χ1v) is 15.5. The van der Waals surface area contributed by atoms with E-state index in [1.807, 2.05) is 24.3 Å². The Balaban J connectivity index is 1.34. The van der Waals surface area contributed by atoms with Crippen LogP contribution in [0.15, 0.2) is 158 Å². The number of aromatic nitrogens is 3. The van der Waals surface area contributed by atoms with Crippen molar-refractivity contribution in [2.45, 2.75) is 0 Å². The lowest BCUT2D eigenvalue weighted by molar-refractivity contribution is 1.05. The highest BCUT2D eigenvalue weighted by Gasteiger charge is 2.23. The smallest absolute Gasteiger partial charge is 0.162 e. The second-order valence-electron chi connectivity index (χ2n) is 11.5. The van der Waals surface area contributed by atoms with E-state index in [9.17, 15) is 0 Å². The van der Waals surface area contributed by atoms with Gasteiger partial charge in [-0.25, -0.2) is 9.97 Å². The third kappa shape index (κ3) is 4.31. The van der Waals surface area contributed by atoms with Gasteiger partial charge in [0, 0.05) is 39.2 Å². The van der Waals surface area contributed by atoms with E-state index in [2.05, 4.69) is 155 Å². The van der Waals surface area contributed by atoms with Crippen LogP contribution in [0.3, 0.4) is 0 Å². The Morgan fingerprint density at radius 3 is 1.89 bits per heavy atom. The highest BCUT2D eigenvalue weighted by atomic mass is 15.2. The van der Waals surface area contributed by atoms with Gasteiger partial charge in [0.25, 0.3) is 0 Å². The average Bonchev–Trinajstić information content (AvgIpc) is 3.35. The SMILES string of the molecule is C1=Cc2cc3c(cc2N(c2ccccc2)c2ccccc21)c1ccccc1n3-c1cc(-c2ccccc2)nc(-c2ccccc2)n1. The molecular weight excluding hydrogens is 560 g/mol. The van der Waals surface area contributed by atoms with Crippen LogP contribution in [0.25, 0.3) is 62.4 Å². The molecule has 0 saturated carbocycles. The van der Waals surface area contributed by atoms with E-state index in [0.717, 1.165) is 56.3 Å². The largest absolute Gasteiger partial charge is 0.309 e. The molecule has 0 fully saturated rings. The summed E-state index contributed by atoms with van der Waals surface area (Å²) in [5.41, 5.74) is 10.9. The fourth-order valence-corrected chi connectivity index (χ4v) is 6.61. The Bertz CT molecular complexity index is 2350. The van der Waals surface area contributed by atoms with Crippen molar-refractivity contribution >= 4 is 51.0 Å². The van der Waals surface area contributed by atoms with E-state index >= 15 is 0 Å². The second-order valence-corrected chi connectivity index (χ2v) is 11.5. The summed E-state index contributed by atoms with van der Waals surface area (Å²) in [6.07, 6.45) is 4.46. The predicted octanol–water partition coefficient (Wildman–Crippen LogP) is 10.9. The maximum absolute atomic E-state index is 5.22. The molecule has 46 heavy (non-hydrogen) atoms. The Labute approximate surface area is 267 Å². The van der Waals surface area contributed by atoms with Crippen LogP contribution >= 0.6 is 0 Å². The van der Waals surface area contributed by atoms with E-state index in [1.165, 1.54) is 16.3 Å². The molecule has 0 aliphatic carbocycles. The number of hydrogen-bond donors (Lipinski definition) is 0. The van der Waals surface area contributed by atoms with E-state index < -0.39 is 0 Å². The fourth-order valence-electron chi connectivity index (χ4n) is 6.61. The number of benzene rings is 6. The summed E-state index contributed by atoms with van der Waals surface area (Å²) in [6, 6.07) is 55.2. The Kier molecular flexibility index (Phi) is 6.10. The van der Waals surface area contributed by atoms with Crippen LogP contribution < -0.4 is 4.90 Å². The van der Waals surface area contributed by atoms with Crippen molar-refractivity contribution in [3.05, 3.63) is 169 Å². The molecule has 0 atom stereocenters. The maximum atomic E-state index is 5.22. The van der Waals surface area contributed by atoms with Crippen molar-refractivity contribution < 1.29 is 0 Å². The lowest BCUT2D eigenvalue weighted by Crippen LogP contribution is -2.11. The van der Waals surface area contributed by atoms with Crippen LogP contribution in [0, 0.1) is 0 Å². The van der Waals surface area contributed by atoms with Crippen LogP contribution in [-0.2, 0) is 0 Å². The summed E-state index contributed by atoms with van der Waals surface area (Å²) in [7, 11) is 0. The molecule has 4 nitrogen and oxygen atoms in total. The fraction of sp³-hybridized carbons (Fsp3) is 0. The van der Waals surface area contributed by atoms with Gasteiger partial charge in [0.2, 0.25) is 0 Å². The van der Waals surface area contributed by atoms with Gasteiger partial charge in [-0.1, -0.05) is 127 Å². The van der Waals surface area contributed by atoms with Crippen molar-refractivity contribution in [1.82, 2.24) is 14.5 Å². The van der Waals surface area contributed by atoms with Gasteiger partial charge in [-0.2, -0.15) is 0 Å². The van der Waals surface area contributed by atoms with Crippen LogP contribution in [0.4, 0.5) is 17.1 Å². The third-order valence-electron chi connectivity index (χ3n) is 8.74. The molecule has 0 saturated heterocycles. The zero-order valence-electron chi connectivity index (χ0n) is 25.0. The molecule has 216 valence electrons. The lowest BCUT2D eigenvalue weighted by Gasteiger charge is -2.27. The van der Waals surface area contributed by atoms with Crippen molar-refractivity contribution in [3.8, 4) is 28.5 Å². The molecule has 8 aromatic rings. The Morgan fingerprint density at radius 1 is 0.435 bits per heavy atom. The van der Waals surface area contributed by atoms with Crippen LogP contribution in [0.1, 0.15) is 11.1 Å². The summed E-state index contributed by atoms with van der Waals surface area (Å²) in [5, 5.41) is 2.35. The van der Waals surface area contributed by atoms with Gasteiger partial charge in [0.1, 0.15) is 5.82 Å². The highest BCUT2D eigenvalue weighted by molar-refractivity contribution is 6.12. The summed E-state index contributed by atoms with van der Waals surface area (Å²) < 4.78 is 2.30. The zero-order valence-corrected chi connectivity index (χ0v) is 25.0. The summed E-state index contributed by atoms with van der Waals surface area (Å²) in [5.74, 6) is 1.53. The van der Waals surface area contributed by atoms with Crippen molar-refractivity contribution in [2.24, 2.45) is 0 Å². The van der Waals surface area contributed by atoms with Gasteiger partial charge in [0.05, 0.1) is 28.1 Å². The molecule has 3 heterocycles. The molecule has 6 aromatic carbocycles. The van der Waals surface area contributed by atoms with Gasteiger partial charge in [0.15, 0.2) is 5.82 Å². The Hall–Kier alpha value is -6.26. The standard InChI is InChI=1S/C42H28N4/c1-4-14-29(15-5-1)36-28-41(44-42(43-36)31-17-6-2-7-18-31)46-38-23-13-11-21-34(38)35-27-39-32(26-40(35)46)25-24-30-16-10-12-22-37(30)45(39)33-19-8-3-9-20-33/h1-28H. The summed E-state index contributed by atoms with van der Waals surface area (Å²) in [6.45, 7) is 0. The van der Waals surface area contributed by atoms with Crippen molar-refractivity contribution in [1.29, 1.82) is 0 Å². The first-order chi connectivity index (χ1) is 22.8. The molecular formula is C42H28N4. The average molecular weight is 589 g/mol. The molecule has 0 amide bonds. The lowest BCUT2D eigenvalue weighted by atomic mass is 10.1. The maximum Gasteiger partial charge on any atom is 0.162 e. The van der Waals surface area contributed by atoms with Crippen molar-refractivity contribution in [3.63, 3.8) is 0 Å². The minimum Gasteiger partial charge on any atom is -0.309 e.